The molecular weight excluding hydrogens is 252 g/mol. The summed E-state index contributed by atoms with van der Waals surface area (Å²) in [5.41, 5.74) is 7.63. The lowest BCUT2D eigenvalue weighted by Gasteiger charge is -2.34. The Bertz CT molecular complexity index is 372. The van der Waals surface area contributed by atoms with Crippen LogP contribution in [0.5, 0.6) is 0 Å². The molecule has 1 saturated heterocycles. The normalized spacial score (nSPS) is 17.1. The monoisotopic (exact) mass is 270 g/mol. The van der Waals surface area contributed by atoms with Gasteiger partial charge in [-0.15, -0.1) is 0 Å². The molecule has 0 atom stereocenters. The first-order chi connectivity index (χ1) is 8.72. The summed E-state index contributed by atoms with van der Waals surface area (Å²) in [4.78, 5) is 2.20. The second kappa shape index (κ2) is 6.27. The predicted molar refractivity (Wildman–Crippen MR) is 74.1 cm³/mol. The van der Waals surface area contributed by atoms with Crippen LogP contribution in [0.2, 0.25) is 5.02 Å². The summed E-state index contributed by atoms with van der Waals surface area (Å²) in [6.45, 7) is 2.25. The smallest absolute Gasteiger partial charge is 0.0789 e. The third-order valence-electron chi connectivity index (χ3n) is 3.22. The lowest BCUT2D eigenvalue weighted by atomic mass is 10.1. The maximum atomic E-state index is 8.73. The fourth-order valence-corrected chi connectivity index (χ4v) is 2.63. The van der Waals surface area contributed by atoms with E-state index < -0.39 is 0 Å². The summed E-state index contributed by atoms with van der Waals surface area (Å²) in [5, 5.41) is 9.43. The summed E-state index contributed by atoms with van der Waals surface area (Å²) >= 11 is 6.20. The Balaban J connectivity index is 1.97. The number of halogens is 1. The van der Waals surface area contributed by atoms with Gasteiger partial charge in [-0.2, -0.15) is 0 Å². The van der Waals surface area contributed by atoms with Crippen LogP contribution in [0.3, 0.4) is 0 Å². The lowest BCUT2D eigenvalue weighted by molar-refractivity contribution is 0.0159. The van der Waals surface area contributed by atoms with Crippen molar-refractivity contribution in [2.75, 3.05) is 36.9 Å². The van der Waals surface area contributed by atoms with Gasteiger partial charge in [0.2, 0.25) is 0 Å². The van der Waals surface area contributed by atoms with Gasteiger partial charge in [0, 0.05) is 13.1 Å². The minimum Gasteiger partial charge on any atom is -0.397 e. The maximum Gasteiger partial charge on any atom is 0.0789 e. The molecule has 18 heavy (non-hydrogen) atoms. The van der Waals surface area contributed by atoms with Crippen molar-refractivity contribution in [1.29, 1.82) is 0 Å². The van der Waals surface area contributed by atoms with Crippen LogP contribution in [0.15, 0.2) is 18.2 Å². The minimum absolute atomic E-state index is 0.0810. The zero-order valence-electron chi connectivity index (χ0n) is 10.3. The van der Waals surface area contributed by atoms with E-state index in [0.717, 1.165) is 37.3 Å². The van der Waals surface area contributed by atoms with E-state index in [1.165, 1.54) is 0 Å². The molecule has 1 fully saturated rings. The molecule has 1 aromatic carbocycles. The number of hydrogen-bond acceptors (Lipinski definition) is 4. The minimum atomic E-state index is 0.0810. The SMILES string of the molecule is Nc1cccc(Cl)c1N1CCC(OCCO)CC1. The molecule has 0 bridgehead atoms. The maximum absolute atomic E-state index is 8.73. The molecule has 0 unspecified atom stereocenters. The molecule has 3 N–H and O–H groups in total. The quantitative estimate of drug-likeness (QED) is 0.821. The van der Waals surface area contributed by atoms with Gasteiger partial charge in [0.05, 0.1) is 35.7 Å². The Morgan fingerprint density at radius 2 is 2.11 bits per heavy atom. The van der Waals surface area contributed by atoms with Crippen LogP contribution in [0.1, 0.15) is 12.8 Å². The van der Waals surface area contributed by atoms with Gasteiger partial charge in [0.15, 0.2) is 0 Å². The third kappa shape index (κ3) is 3.07. The van der Waals surface area contributed by atoms with Gasteiger partial charge < -0.3 is 20.5 Å². The first kappa shape index (κ1) is 13.5. The summed E-state index contributed by atoms with van der Waals surface area (Å²) in [5.74, 6) is 0. The van der Waals surface area contributed by atoms with Gasteiger partial charge in [-0.25, -0.2) is 0 Å². The second-order valence-electron chi connectivity index (χ2n) is 4.46. The first-order valence-electron chi connectivity index (χ1n) is 6.23. The van der Waals surface area contributed by atoms with Crippen molar-refractivity contribution in [3.63, 3.8) is 0 Å². The van der Waals surface area contributed by atoms with Crippen molar-refractivity contribution in [3.05, 3.63) is 23.2 Å². The molecule has 0 saturated carbocycles. The summed E-state index contributed by atoms with van der Waals surface area (Å²) in [6, 6.07) is 5.59. The van der Waals surface area contributed by atoms with Crippen molar-refractivity contribution in [3.8, 4) is 0 Å². The number of nitrogen functional groups attached to an aromatic ring is 1. The number of anilines is 2. The van der Waals surface area contributed by atoms with Crippen LogP contribution in [0.4, 0.5) is 11.4 Å². The number of hydrogen-bond donors (Lipinski definition) is 2. The molecular formula is C13H19ClN2O2. The number of para-hydroxylation sites is 1. The number of rotatable bonds is 4. The fraction of sp³-hybridized carbons (Fsp3) is 0.538. The molecule has 1 aromatic rings. The van der Waals surface area contributed by atoms with Crippen molar-refractivity contribution < 1.29 is 9.84 Å². The highest BCUT2D eigenvalue weighted by molar-refractivity contribution is 6.34. The van der Waals surface area contributed by atoms with Crippen LogP contribution in [-0.4, -0.2) is 37.5 Å². The average Bonchev–Trinajstić information content (AvgIpc) is 2.37. The highest BCUT2D eigenvalue weighted by Gasteiger charge is 2.22. The molecule has 0 radical (unpaired) electrons. The third-order valence-corrected chi connectivity index (χ3v) is 3.53. The van der Waals surface area contributed by atoms with E-state index in [9.17, 15) is 0 Å². The fourth-order valence-electron chi connectivity index (χ4n) is 2.33. The zero-order valence-corrected chi connectivity index (χ0v) is 11.1. The van der Waals surface area contributed by atoms with Crippen LogP contribution >= 0.6 is 11.6 Å². The molecule has 0 amide bonds. The Hall–Kier alpha value is -0.970. The predicted octanol–water partition coefficient (Wildman–Crippen LogP) is 1.90. The highest BCUT2D eigenvalue weighted by atomic mass is 35.5. The Morgan fingerprint density at radius 1 is 1.39 bits per heavy atom. The largest absolute Gasteiger partial charge is 0.397 e. The van der Waals surface area contributed by atoms with Gasteiger partial charge in [-0.1, -0.05) is 17.7 Å². The molecule has 1 heterocycles. The van der Waals surface area contributed by atoms with E-state index in [1.807, 2.05) is 18.2 Å². The standard InChI is InChI=1S/C13H19ClN2O2/c14-11-2-1-3-12(15)13(11)16-6-4-10(5-7-16)18-9-8-17/h1-3,10,17H,4-9,15H2. The zero-order chi connectivity index (χ0) is 13.0. The number of nitrogens with zero attached hydrogens (tertiary/aromatic N) is 1. The summed E-state index contributed by atoms with van der Waals surface area (Å²) in [7, 11) is 0. The van der Waals surface area contributed by atoms with E-state index in [1.54, 1.807) is 0 Å². The summed E-state index contributed by atoms with van der Waals surface area (Å²) in [6.07, 6.45) is 2.10. The van der Waals surface area contributed by atoms with Crippen molar-refractivity contribution in [2.45, 2.75) is 18.9 Å². The molecule has 1 aliphatic rings. The van der Waals surface area contributed by atoms with E-state index in [2.05, 4.69) is 4.90 Å². The number of ether oxygens (including phenoxy) is 1. The van der Waals surface area contributed by atoms with E-state index in [0.29, 0.717) is 11.6 Å². The van der Waals surface area contributed by atoms with Crippen LogP contribution in [0.25, 0.3) is 0 Å². The molecule has 0 aromatic heterocycles. The number of aliphatic hydroxyl groups is 1. The molecule has 2 rings (SSSR count). The van der Waals surface area contributed by atoms with Crippen molar-refractivity contribution in [1.82, 2.24) is 0 Å². The van der Waals surface area contributed by atoms with E-state index >= 15 is 0 Å². The summed E-state index contributed by atoms with van der Waals surface area (Å²) < 4.78 is 5.54. The number of aliphatic hydroxyl groups excluding tert-OH is 1. The van der Waals surface area contributed by atoms with Crippen LogP contribution in [0, 0.1) is 0 Å². The van der Waals surface area contributed by atoms with E-state index in [4.69, 9.17) is 27.2 Å². The van der Waals surface area contributed by atoms with E-state index in [-0.39, 0.29) is 12.7 Å². The topological polar surface area (TPSA) is 58.7 Å². The number of piperidine rings is 1. The van der Waals surface area contributed by atoms with Gasteiger partial charge in [0.1, 0.15) is 0 Å². The Labute approximate surface area is 112 Å². The molecule has 0 aliphatic carbocycles. The van der Waals surface area contributed by atoms with Crippen molar-refractivity contribution in [2.24, 2.45) is 0 Å². The highest BCUT2D eigenvalue weighted by Crippen LogP contribution is 2.33. The number of nitrogens with two attached hydrogens (primary N) is 1. The average molecular weight is 271 g/mol. The molecule has 0 spiro atoms. The lowest BCUT2D eigenvalue weighted by Crippen LogP contribution is -2.37. The Morgan fingerprint density at radius 3 is 2.72 bits per heavy atom. The van der Waals surface area contributed by atoms with Crippen molar-refractivity contribution >= 4 is 23.0 Å². The van der Waals surface area contributed by atoms with Gasteiger partial charge in [-0.3, -0.25) is 0 Å². The molecule has 5 heteroatoms. The van der Waals surface area contributed by atoms with Gasteiger partial charge in [0.25, 0.3) is 0 Å². The molecule has 100 valence electrons. The Kier molecular flexibility index (Phi) is 4.69. The van der Waals surface area contributed by atoms with Crippen LogP contribution in [-0.2, 0) is 4.74 Å². The number of benzene rings is 1. The molecule has 4 nitrogen and oxygen atoms in total. The van der Waals surface area contributed by atoms with Crippen LogP contribution < -0.4 is 10.6 Å². The van der Waals surface area contributed by atoms with Gasteiger partial charge >= 0.3 is 0 Å². The molecule has 1 aliphatic heterocycles. The second-order valence-corrected chi connectivity index (χ2v) is 4.87. The first-order valence-corrected chi connectivity index (χ1v) is 6.61. The van der Waals surface area contributed by atoms with Gasteiger partial charge in [-0.05, 0) is 25.0 Å².